The average Bonchev–Trinajstić information content (AvgIpc) is 2.84. The summed E-state index contributed by atoms with van der Waals surface area (Å²) in [5, 5.41) is 6.07. The molecule has 3 rings (SSSR count). The van der Waals surface area contributed by atoms with Gasteiger partial charge in [-0.15, -0.1) is 0 Å². The molecule has 0 aromatic heterocycles. The van der Waals surface area contributed by atoms with Crippen LogP contribution in [0.15, 0.2) is 30.3 Å². The Morgan fingerprint density at radius 2 is 1.67 bits per heavy atom. The summed E-state index contributed by atoms with van der Waals surface area (Å²) in [6.07, 6.45) is 7.09. The van der Waals surface area contributed by atoms with Gasteiger partial charge in [0.05, 0.1) is 13.2 Å². The first kappa shape index (κ1) is 25.2. The van der Waals surface area contributed by atoms with Crippen LogP contribution in [0, 0.1) is 11.8 Å². The molecular weight excluding hydrogens is 418 g/mol. The number of ether oxygens (including phenoxy) is 1. The van der Waals surface area contributed by atoms with Gasteiger partial charge in [0.25, 0.3) is 0 Å². The van der Waals surface area contributed by atoms with Crippen LogP contribution in [0.5, 0.6) is 0 Å². The van der Waals surface area contributed by atoms with E-state index in [0.717, 1.165) is 18.4 Å². The Kier molecular flexibility index (Phi) is 9.73. The van der Waals surface area contributed by atoms with E-state index in [-0.39, 0.29) is 36.2 Å². The molecule has 1 aliphatic carbocycles. The lowest BCUT2D eigenvalue weighted by Gasteiger charge is -2.35. The molecule has 33 heavy (non-hydrogen) atoms. The molecule has 1 saturated heterocycles. The van der Waals surface area contributed by atoms with E-state index in [9.17, 15) is 14.4 Å². The summed E-state index contributed by atoms with van der Waals surface area (Å²) in [4.78, 5) is 40.0. The summed E-state index contributed by atoms with van der Waals surface area (Å²) in [6, 6.07) is 9.34. The van der Waals surface area contributed by atoms with Gasteiger partial charge in [0.2, 0.25) is 17.7 Å². The molecular formula is C26H39N3O4. The van der Waals surface area contributed by atoms with E-state index in [1.54, 1.807) is 18.7 Å². The number of benzene rings is 1. The monoisotopic (exact) mass is 457 g/mol. The highest BCUT2D eigenvalue weighted by Crippen LogP contribution is 2.21. The molecule has 1 aromatic carbocycles. The predicted molar refractivity (Wildman–Crippen MR) is 127 cm³/mol. The van der Waals surface area contributed by atoms with Crippen molar-refractivity contribution in [1.82, 2.24) is 15.5 Å². The highest BCUT2D eigenvalue weighted by molar-refractivity contribution is 5.88. The highest BCUT2D eigenvalue weighted by atomic mass is 16.5. The van der Waals surface area contributed by atoms with Crippen LogP contribution in [-0.4, -0.2) is 54.4 Å². The van der Waals surface area contributed by atoms with E-state index in [1.165, 1.54) is 19.3 Å². The molecule has 0 unspecified atom stereocenters. The second-order valence-corrected chi connectivity index (χ2v) is 9.66. The van der Waals surface area contributed by atoms with Gasteiger partial charge in [-0.3, -0.25) is 14.4 Å². The highest BCUT2D eigenvalue weighted by Gasteiger charge is 2.32. The molecule has 1 heterocycles. The van der Waals surface area contributed by atoms with Crippen molar-refractivity contribution in [2.75, 3.05) is 19.7 Å². The minimum atomic E-state index is -0.726. The van der Waals surface area contributed by atoms with Crippen LogP contribution in [0.3, 0.4) is 0 Å². The molecule has 2 aliphatic rings. The molecule has 7 heteroatoms. The van der Waals surface area contributed by atoms with Crippen molar-refractivity contribution in [1.29, 1.82) is 0 Å². The maximum atomic E-state index is 13.2. The number of nitrogens with zero attached hydrogens (tertiary/aromatic N) is 1. The number of carbonyl (C=O) groups excluding carboxylic acids is 3. The Balaban J connectivity index is 1.50. The van der Waals surface area contributed by atoms with Crippen molar-refractivity contribution >= 4 is 17.7 Å². The number of carbonyl (C=O) groups is 3. The zero-order valence-electron chi connectivity index (χ0n) is 20.1. The number of rotatable bonds is 9. The second-order valence-electron chi connectivity index (χ2n) is 9.66. The Hall–Kier alpha value is -2.41. The SMILES string of the molecule is CC(C)C(=O)N[C@H](COCc1ccccc1)C(=O)N1CCC(C(=O)NC2CCCCC2)CC1. The molecule has 1 saturated carbocycles. The number of nitrogens with one attached hydrogen (secondary N) is 2. The van der Waals surface area contributed by atoms with E-state index in [1.807, 2.05) is 30.3 Å². The average molecular weight is 458 g/mol. The number of hydrogen-bond donors (Lipinski definition) is 2. The fourth-order valence-electron chi connectivity index (χ4n) is 4.53. The third kappa shape index (κ3) is 7.84. The topological polar surface area (TPSA) is 87.7 Å². The largest absolute Gasteiger partial charge is 0.374 e. The Morgan fingerprint density at radius 3 is 2.30 bits per heavy atom. The Labute approximate surface area is 197 Å². The number of likely N-dealkylation sites (tertiary alicyclic amines) is 1. The zero-order valence-corrected chi connectivity index (χ0v) is 20.1. The molecule has 7 nitrogen and oxygen atoms in total. The third-order valence-corrected chi connectivity index (χ3v) is 6.66. The van der Waals surface area contributed by atoms with Crippen LogP contribution in [0.25, 0.3) is 0 Å². The predicted octanol–water partition coefficient (Wildman–Crippen LogP) is 3.03. The van der Waals surface area contributed by atoms with Gasteiger partial charge >= 0.3 is 0 Å². The third-order valence-electron chi connectivity index (χ3n) is 6.66. The Morgan fingerprint density at radius 1 is 1.00 bits per heavy atom. The molecule has 0 spiro atoms. The minimum absolute atomic E-state index is 0.0472. The fraction of sp³-hybridized carbons (Fsp3) is 0.654. The number of amides is 3. The normalized spacial score (nSPS) is 18.7. The van der Waals surface area contributed by atoms with E-state index in [0.29, 0.717) is 38.6 Å². The lowest BCUT2D eigenvalue weighted by molar-refractivity contribution is -0.141. The zero-order chi connectivity index (χ0) is 23.6. The summed E-state index contributed by atoms with van der Waals surface area (Å²) in [5.41, 5.74) is 1.02. The quantitative estimate of drug-likeness (QED) is 0.597. The van der Waals surface area contributed by atoms with E-state index >= 15 is 0 Å². The molecule has 0 radical (unpaired) electrons. The summed E-state index contributed by atoms with van der Waals surface area (Å²) in [5.74, 6) is -0.441. The lowest BCUT2D eigenvalue weighted by Crippen LogP contribution is -2.54. The van der Waals surface area contributed by atoms with Gasteiger partial charge in [-0.05, 0) is 31.2 Å². The first-order valence-electron chi connectivity index (χ1n) is 12.4. The molecule has 3 amide bonds. The Bertz CT molecular complexity index is 769. The van der Waals surface area contributed by atoms with Crippen LogP contribution in [0.4, 0.5) is 0 Å². The van der Waals surface area contributed by atoms with Gasteiger partial charge in [-0.25, -0.2) is 0 Å². The molecule has 2 fully saturated rings. The smallest absolute Gasteiger partial charge is 0.247 e. The van der Waals surface area contributed by atoms with Crippen LogP contribution in [0.1, 0.15) is 64.4 Å². The summed E-state index contributed by atoms with van der Waals surface area (Å²) in [7, 11) is 0. The van der Waals surface area contributed by atoms with Crippen molar-refractivity contribution in [3.05, 3.63) is 35.9 Å². The molecule has 1 aliphatic heterocycles. The van der Waals surface area contributed by atoms with Gasteiger partial charge in [0.1, 0.15) is 6.04 Å². The van der Waals surface area contributed by atoms with Gasteiger partial charge in [0.15, 0.2) is 0 Å². The van der Waals surface area contributed by atoms with E-state index < -0.39 is 6.04 Å². The number of piperidine rings is 1. The molecule has 2 N–H and O–H groups in total. The summed E-state index contributed by atoms with van der Waals surface area (Å²) in [6.45, 7) is 5.15. The molecule has 1 atom stereocenters. The van der Waals surface area contributed by atoms with Crippen molar-refractivity contribution < 1.29 is 19.1 Å². The maximum Gasteiger partial charge on any atom is 0.247 e. The van der Waals surface area contributed by atoms with Crippen molar-refractivity contribution in [3.63, 3.8) is 0 Å². The molecule has 0 bridgehead atoms. The van der Waals surface area contributed by atoms with Crippen molar-refractivity contribution in [3.8, 4) is 0 Å². The van der Waals surface area contributed by atoms with Gasteiger partial charge in [0, 0.05) is 31.0 Å². The van der Waals surface area contributed by atoms with Crippen LogP contribution in [0.2, 0.25) is 0 Å². The maximum absolute atomic E-state index is 13.2. The van der Waals surface area contributed by atoms with Crippen molar-refractivity contribution in [2.24, 2.45) is 11.8 Å². The number of hydrogen-bond acceptors (Lipinski definition) is 4. The van der Waals surface area contributed by atoms with Gasteiger partial charge < -0.3 is 20.3 Å². The van der Waals surface area contributed by atoms with Crippen LogP contribution < -0.4 is 10.6 Å². The van der Waals surface area contributed by atoms with Crippen molar-refractivity contribution in [2.45, 2.75) is 77.5 Å². The molecule has 1 aromatic rings. The summed E-state index contributed by atoms with van der Waals surface area (Å²) >= 11 is 0. The first-order chi connectivity index (χ1) is 15.9. The first-order valence-corrected chi connectivity index (χ1v) is 12.4. The lowest BCUT2D eigenvalue weighted by atomic mass is 9.92. The summed E-state index contributed by atoms with van der Waals surface area (Å²) < 4.78 is 5.79. The second kappa shape index (κ2) is 12.7. The van der Waals surface area contributed by atoms with Gasteiger partial charge in [-0.1, -0.05) is 63.4 Å². The van der Waals surface area contributed by atoms with Crippen LogP contribution >= 0.6 is 0 Å². The van der Waals surface area contributed by atoms with Gasteiger partial charge in [-0.2, -0.15) is 0 Å². The molecule has 182 valence electrons. The fourth-order valence-corrected chi connectivity index (χ4v) is 4.53. The standard InChI is InChI=1S/C26H39N3O4/c1-19(2)24(30)28-23(18-33-17-20-9-5-3-6-10-20)26(32)29-15-13-21(14-16-29)25(31)27-22-11-7-4-8-12-22/h3,5-6,9-10,19,21-23H,4,7-8,11-18H2,1-2H3,(H,27,31)(H,28,30)/t23-/m1/s1. The van der Waals surface area contributed by atoms with E-state index in [4.69, 9.17) is 4.74 Å². The van der Waals surface area contributed by atoms with E-state index in [2.05, 4.69) is 10.6 Å². The van der Waals surface area contributed by atoms with Crippen LogP contribution in [-0.2, 0) is 25.7 Å². The minimum Gasteiger partial charge on any atom is -0.374 e.